The van der Waals surface area contributed by atoms with E-state index in [2.05, 4.69) is 205 Å². The van der Waals surface area contributed by atoms with Crippen LogP contribution in [0.1, 0.15) is 0 Å². The van der Waals surface area contributed by atoms with E-state index in [0.717, 1.165) is 50.6 Å². The molecule has 0 bridgehead atoms. The highest BCUT2D eigenvalue weighted by molar-refractivity contribution is 6.10. The Labute approximate surface area is 315 Å². The number of fused-ring (bicyclic) bond motifs is 2. The molecule has 0 aliphatic carbocycles. The van der Waals surface area contributed by atoms with Gasteiger partial charge in [-0.05, 0) is 92.4 Å². The third-order valence-electron chi connectivity index (χ3n) is 10.5. The van der Waals surface area contributed by atoms with Crippen molar-refractivity contribution in [3.8, 4) is 67.1 Å². The minimum absolute atomic E-state index is 0.895. The summed E-state index contributed by atoms with van der Waals surface area (Å²) in [6.07, 6.45) is 0. The largest absolute Gasteiger partial charge is 0.456 e. The molecule has 0 saturated carbocycles. The molecule has 9 aromatic carbocycles. The Morgan fingerprint density at radius 3 is 1.61 bits per heavy atom. The van der Waals surface area contributed by atoms with Crippen molar-refractivity contribution in [3.63, 3.8) is 0 Å². The summed E-state index contributed by atoms with van der Waals surface area (Å²) in [6.45, 7) is 0. The first-order valence-corrected chi connectivity index (χ1v) is 18.4. The number of nitrogens with zero attached hydrogens (tertiary/aromatic N) is 1. The lowest BCUT2D eigenvalue weighted by atomic mass is 9.88. The maximum atomic E-state index is 6.44. The fourth-order valence-corrected chi connectivity index (χ4v) is 8.09. The zero-order valence-electron chi connectivity index (χ0n) is 29.6. The van der Waals surface area contributed by atoms with Crippen LogP contribution in [-0.4, -0.2) is 0 Å². The van der Waals surface area contributed by atoms with Gasteiger partial charge in [-0.3, -0.25) is 0 Å². The van der Waals surface area contributed by atoms with Gasteiger partial charge >= 0.3 is 0 Å². The van der Waals surface area contributed by atoms with E-state index >= 15 is 0 Å². The normalized spacial score (nSPS) is 11.5. The molecule has 254 valence electrons. The monoisotopic (exact) mass is 689 g/mol. The van der Waals surface area contributed by atoms with Crippen LogP contribution in [0.4, 0.5) is 17.1 Å². The Balaban J connectivity index is 1.14. The Morgan fingerprint density at radius 1 is 0.296 bits per heavy atom. The van der Waals surface area contributed by atoms with Crippen LogP contribution < -0.4 is 9.64 Å². The number of rotatable bonds is 7. The van der Waals surface area contributed by atoms with E-state index in [1.165, 1.54) is 44.3 Å². The second kappa shape index (κ2) is 13.4. The van der Waals surface area contributed by atoms with Crippen molar-refractivity contribution < 1.29 is 4.74 Å². The van der Waals surface area contributed by atoms with Crippen LogP contribution in [0.3, 0.4) is 0 Å². The third kappa shape index (κ3) is 5.44. The lowest BCUT2D eigenvalue weighted by Gasteiger charge is -2.29. The summed E-state index contributed by atoms with van der Waals surface area (Å²) in [4.78, 5) is 2.39. The van der Waals surface area contributed by atoms with Crippen molar-refractivity contribution in [2.24, 2.45) is 0 Å². The smallest absolute Gasteiger partial charge is 0.135 e. The molecule has 0 N–H and O–H groups in total. The van der Waals surface area contributed by atoms with Gasteiger partial charge in [0.2, 0.25) is 0 Å². The summed E-state index contributed by atoms with van der Waals surface area (Å²) in [6, 6.07) is 75.8. The van der Waals surface area contributed by atoms with E-state index in [0.29, 0.717) is 0 Å². The molecule has 2 heteroatoms. The van der Waals surface area contributed by atoms with E-state index in [1.807, 2.05) is 12.1 Å². The Morgan fingerprint density at radius 2 is 0.833 bits per heavy atom. The van der Waals surface area contributed by atoms with Gasteiger partial charge in [-0.15, -0.1) is 0 Å². The van der Waals surface area contributed by atoms with Crippen molar-refractivity contribution in [1.82, 2.24) is 0 Å². The summed E-state index contributed by atoms with van der Waals surface area (Å²) in [7, 11) is 0. The second-order valence-electron chi connectivity index (χ2n) is 13.6. The summed E-state index contributed by atoms with van der Waals surface area (Å²) in [5.74, 6) is 1.79. The van der Waals surface area contributed by atoms with Crippen LogP contribution in [-0.2, 0) is 0 Å². The summed E-state index contributed by atoms with van der Waals surface area (Å²) < 4.78 is 6.44. The molecule has 10 rings (SSSR count). The average Bonchev–Trinajstić information content (AvgIpc) is 3.25. The van der Waals surface area contributed by atoms with E-state index in [4.69, 9.17) is 4.74 Å². The maximum Gasteiger partial charge on any atom is 0.135 e. The van der Waals surface area contributed by atoms with Gasteiger partial charge in [0, 0.05) is 27.9 Å². The molecular weight excluding hydrogens is 655 g/mol. The standard InChI is InChI=1S/C52H35NO/c1-3-17-36(18-4-1)40-23-7-8-24-42(40)43-25-9-10-26-44(43)45-27-11-13-31-49(45)53(38-20-5-2-6-21-38)39-22-15-19-37(35-39)41-33-34-51-52-47(41)29-16-30-48(52)46-28-12-14-32-50(46)54-51/h1-35H. The molecule has 0 atom stereocenters. The van der Waals surface area contributed by atoms with Gasteiger partial charge in [0.15, 0.2) is 0 Å². The number of para-hydroxylation sites is 3. The molecule has 0 amide bonds. The van der Waals surface area contributed by atoms with Crippen LogP contribution in [0.2, 0.25) is 0 Å². The van der Waals surface area contributed by atoms with Gasteiger partial charge in [-0.2, -0.15) is 0 Å². The Bertz CT molecular complexity index is 2800. The fraction of sp³-hybridized carbons (Fsp3) is 0. The average molecular weight is 690 g/mol. The summed E-state index contributed by atoms with van der Waals surface area (Å²) >= 11 is 0. The molecule has 9 aromatic rings. The van der Waals surface area contributed by atoms with E-state index in [-0.39, 0.29) is 0 Å². The minimum Gasteiger partial charge on any atom is -0.456 e. The zero-order valence-corrected chi connectivity index (χ0v) is 29.6. The second-order valence-corrected chi connectivity index (χ2v) is 13.6. The van der Waals surface area contributed by atoms with Gasteiger partial charge in [0.25, 0.3) is 0 Å². The maximum absolute atomic E-state index is 6.44. The fourth-order valence-electron chi connectivity index (χ4n) is 8.09. The first kappa shape index (κ1) is 31.6. The van der Waals surface area contributed by atoms with Crippen LogP contribution in [0.15, 0.2) is 212 Å². The molecule has 54 heavy (non-hydrogen) atoms. The van der Waals surface area contributed by atoms with Gasteiger partial charge in [-0.1, -0.05) is 170 Å². The SMILES string of the molecule is c1ccc(-c2ccccc2-c2ccccc2-c2ccccc2N(c2ccccc2)c2cccc(-c3ccc4c5c(cccc35)-c3ccccc3O4)c2)cc1. The topological polar surface area (TPSA) is 12.5 Å². The number of anilines is 3. The lowest BCUT2D eigenvalue weighted by molar-refractivity contribution is 0.487. The number of benzene rings is 9. The molecule has 0 saturated heterocycles. The van der Waals surface area contributed by atoms with Crippen LogP contribution in [0, 0.1) is 0 Å². The molecule has 1 heterocycles. The number of hydrogen-bond donors (Lipinski definition) is 0. The first-order valence-electron chi connectivity index (χ1n) is 18.4. The molecular formula is C52H35NO. The van der Waals surface area contributed by atoms with E-state index < -0.39 is 0 Å². The van der Waals surface area contributed by atoms with Gasteiger partial charge in [0.05, 0.1) is 5.69 Å². The molecule has 0 spiro atoms. The van der Waals surface area contributed by atoms with Crippen molar-refractivity contribution in [3.05, 3.63) is 212 Å². The van der Waals surface area contributed by atoms with E-state index in [1.54, 1.807) is 0 Å². The van der Waals surface area contributed by atoms with Gasteiger partial charge in [0.1, 0.15) is 11.5 Å². The van der Waals surface area contributed by atoms with Crippen LogP contribution in [0.5, 0.6) is 11.5 Å². The summed E-state index contributed by atoms with van der Waals surface area (Å²) in [5.41, 5.74) is 15.1. The molecule has 1 aliphatic heterocycles. The number of hydrogen-bond acceptors (Lipinski definition) is 2. The van der Waals surface area contributed by atoms with Crippen molar-refractivity contribution in [2.45, 2.75) is 0 Å². The highest BCUT2D eigenvalue weighted by atomic mass is 16.5. The Hall–Kier alpha value is -7.16. The predicted molar refractivity (Wildman–Crippen MR) is 226 cm³/mol. The van der Waals surface area contributed by atoms with E-state index in [9.17, 15) is 0 Å². The number of ether oxygens (including phenoxy) is 1. The quantitative estimate of drug-likeness (QED) is 0.165. The highest BCUT2D eigenvalue weighted by Gasteiger charge is 2.23. The minimum atomic E-state index is 0.895. The van der Waals surface area contributed by atoms with Crippen molar-refractivity contribution in [1.29, 1.82) is 0 Å². The van der Waals surface area contributed by atoms with Gasteiger partial charge in [-0.25, -0.2) is 0 Å². The van der Waals surface area contributed by atoms with Crippen LogP contribution >= 0.6 is 0 Å². The molecule has 2 nitrogen and oxygen atoms in total. The first-order chi connectivity index (χ1) is 26.8. The molecule has 0 unspecified atom stereocenters. The Kier molecular flexibility index (Phi) is 7.85. The molecule has 0 radical (unpaired) electrons. The van der Waals surface area contributed by atoms with Crippen LogP contribution in [0.25, 0.3) is 66.4 Å². The van der Waals surface area contributed by atoms with Gasteiger partial charge < -0.3 is 9.64 Å². The lowest BCUT2D eigenvalue weighted by Crippen LogP contribution is -2.11. The third-order valence-corrected chi connectivity index (χ3v) is 10.5. The summed E-state index contributed by atoms with van der Waals surface area (Å²) in [5, 5.41) is 2.33. The zero-order chi connectivity index (χ0) is 35.8. The molecule has 0 aromatic heterocycles. The van der Waals surface area contributed by atoms with Crippen molar-refractivity contribution in [2.75, 3.05) is 4.90 Å². The van der Waals surface area contributed by atoms with Crippen molar-refractivity contribution >= 4 is 27.8 Å². The molecule has 0 fully saturated rings. The predicted octanol–water partition coefficient (Wildman–Crippen LogP) is 14.8. The molecule has 1 aliphatic rings. The highest BCUT2D eigenvalue weighted by Crippen LogP contribution is 2.50.